The Kier molecular flexibility index (Phi) is 4.58. The van der Waals surface area contributed by atoms with E-state index in [1.165, 1.54) is 11.1 Å². The molecule has 0 fully saturated rings. The number of hydrazone groups is 1. The highest BCUT2D eigenvalue weighted by atomic mass is 16.2. The molecule has 1 aromatic rings. The van der Waals surface area contributed by atoms with E-state index in [4.69, 9.17) is 5.73 Å². The number of nitrogens with zero attached hydrogens (tertiary/aromatic N) is 1. The van der Waals surface area contributed by atoms with Crippen LogP contribution in [-0.2, 0) is 10.8 Å². The van der Waals surface area contributed by atoms with Crippen molar-refractivity contribution >= 4 is 12.2 Å². The summed E-state index contributed by atoms with van der Waals surface area (Å²) in [6.07, 6.45) is 1.62. The molecule has 0 aliphatic carbocycles. The number of hydrogen-bond donors (Lipinski definition) is 2. The van der Waals surface area contributed by atoms with Gasteiger partial charge in [0.15, 0.2) is 0 Å². The number of hydrogen-bond acceptors (Lipinski definition) is 2. The molecule has 0 heterocycles. The lowest BCUT2D eigenvalue weighted by molar-refractivity contribution is 0.249. The molecule has 2 amide bonds. The van der Waals surface area contributed by atoms with Crippen molar-refractivity contribution in [3.8, 4) is 0 Å². The molecular formula is C16H25N3O. The summed E-state index contributed by atoms with van der Waals surface area (Å²) in [6, 6.07) is 5.74. The molecule has 0 radical (unpaired) electrons. The van der Waals surface area contributed by atoms with Gasteiger partial charge >= 0.3 is 6.03 Å². The molecule has 0 spiro atoms. The van der Waals surface area contributed by atoms with Crippen molar-refractivity contribution in [2.45, 2.75) is 52.4 Å². The third kappa shape index (κ3) is 4.68. The largest absolute Gasteiger partial charge is 0.350 e. The number of carbonyl (C=O) groups is 1. The van der Waals surface area contributed by atoms with Crippen LogP contribution in [-0.4, -0.2) is 12.2 Å². The summed E-state index contributed by atoms with van der Waals surface area (Å²) in [5, 5.41) is 3.84. The molecule has 0 atom stereocenters. The van der Waals surface area contributed by atoms with Gasteiger partial charge < -0.3 is 5.73 Å². The van der Waals surface area contributed by atoms with E-state index in [2.05, 4.69) is 70.3 Å². The van der Waals surface area contributed by atoms with Crippen molar-refractivity contribution in [3.05, 3.63) is 34.9 Å². The Bertz CT molecular complexity index is 487. The van der Waals surface area contributed by atoms with Crippen LogP contribution in [0.5, 0.6) is 0 Å². The molecule has 4 heteroatoms. The highest BCUT2D eigenvalue weighted by Gasteiger charge is 2.20. The Labute approximate surface area is 121 Å². The van der Waals surface area contributed by atoms with E-state index in [9.17, 15) is 4.79 Å². The van der Waals surface area contributed by atoms with Crippen molar-refractivity contribution in [1.82, 2.24) is 5.43 Å². The number of primary amides is 1. The van der Waals surface area contributed by atoms with Gasteiger partial charge in [0.25, 0.3) is 0 Å². The lowest BCUT2D eigenvalue weighted by atomic mass is 9.80. The fraction of sp³-hybridized carbons (Fsp3) is 0.500. The van der Waals surface area contributed by atoms with E-state index >= 15 is 0 Å². The molecule has 4 nitrogen and oxygen atoms in total. The predicted octanol–water partition coefficient (Wildman–Crippen LogP) is 3.28. The second-order valence-electron chi connectivity index (χ2n) is 7.08. The molecule has 0 saturated heterocycles. The smallest absolute Gasteiger partial charge is 0.332 e. The van der Waals surface area contributed by atoms with Gasteiger partial charge in [0, 0.05) is 0 Å². The van der Waals surface area contributed by atoms with Gasteiger partial charge in [0.2, 0.25) is 0 Å². The fourth-order valence-electron chi connectivity index (χ4n) is 1.76. The van der Waals surface area contributed by atoms with E-state index in [0.717, 1.165) is 5.56 Å². The van der Waals surface area contributed by atoms with Crippen LogP contribution in [0.25, 0.3) is 0 Å². The van der Waals surface area contributed by atoms with Crippen LogP contribution in [0.1, 0.15) is 58.2 Å². The molecule has 0 saturated carbocycles. The maximum Gasteiger partial charge on any atom is 0.332 e. The normalized spacial score (nSPS) is 12.7. The van der Waals surface area contributed by atoms with Gasteiger partial charge in [0.1, 0.15) is 0 Å². The van der Waals surface area contributed by atoms with Crippen molar-refractivity contribution in [2.24, 2.45) is 10.8 Å². The van der Waals surface area contributed by atoms with Crippen LogP contribution in [0.15, 0.2) is 23.3 Å². The van der Waals surface area contributed by atoms with Crippen LogP contribution < -0.4 is 11.2 Å². The summed E-state index contributed by atoms with van der Waals surface area (Å²) in [4.78, 5) is 10.6. The van der Waals surface area contributed by atoms with Crippen LogP contribution in [0, 0.1) is 0 Å². The first-order valence-electron chi connectivity index (χ1n) is 6.75. The highest BCUT2D eigenvalue weighted by molar-refractivity contribution is 5.82. The quantitative estimate of drug-likeness (QED) is 0.631. The molecule has 0 aliphatic heterocycles. The number of benzene rings is 1. The zero-order valence-electron chi connectivity index (χ0n) is 13.2. The van der Waals surface area contributed by atoms with E-state index < -0.39 is 6.03 Å². The highest BCUT2D eigenvalue weighted by Crippen LogP contribution is 2.29. The Balaban J connectivity index is 3.24. The average Bonchev–Trinajstić information content (AvgIpc) is 2.25. The molecule has 0 aliphatic rings. The molecule has 3 N–H and O–H groups in total. The lowest BCUT2D eigenvalue weighted by Crippen LogP contribution is -2.24. The first-order chi connectivity index (χ1) is 9.00. The number of nitrogens with one attached hydrogen (secondary N) is 1. The third-order valence-electron chi connectivity index (χ3n) is 3.08. The summed E-state index contributed by atoms with van der Waals surface area (Å²) >= 11 is 0. The first kappa shape index (κ1) is 16.2. The fourth-order valence-corrected chi connectivity index (χ4v) is 1.76. The Morgan fingerprint density at radius 1 is 1.05 bits per heavy atom. The van der Waals surface area contributed by atoms with E-state index in [-0.39, 0.29) is 10.8 Å². The number of carbonyl (C=O) groups excluding carboxylic acids is 1. The van der Waals surface area contributed by atoms with Crippen molar-refractivity contribution in [2.75, 3.05) is 0 Å². The molecule has 0 bridgehead atoms. The minimum Gasteiger partial charge on any atom is -0.350 e. The van der Waals surface area contributed by atoms with Gasteiger partial charge in [-0.3, -0.25) is 0 Å². The SMILES string of the molecule is CC(C)(C)c1cc(/C=N\NC(N)=O)cc(C(C)(C)C)c1. The number of rotatable bonds is 2. The zero-order chi connectivity index (χ0) is 15.6. The van der Waals surface area contributed by atoms with E-state index in [1.807, 2.05) is 0 Å². The molecule has 0 aromatic heterocycles. The molecule has 110 valence electrons. The van der Waals surface area contributed by atoms with E-state index in [0.29, 0.717) is 0 Å². The Hall–Kier alpha value is -1.84. The third-order valence-corrected chi connectivity index (χ3v) is 3.08. The number of amides is 2. The van der Waals surface area contributed by atoms with Gasteiger partial charge in [-0.25, -0.2) is 10.2 Å². The first-order valence-corrected chi connectivity index (χ1v) is 6.75. The molecular weight excluding hydrogens is 250 g/mol. The predicted molar refractivity (Wildman–Crippen MR) is 84.2 cm³/mol. The Morgan fingerprint density at radius 3 is 1.85 bits per heavy atom. The minimum absolute atomic E-state index is 0.0565. The molecule has 20 heavy (non-hydrogen) atoms. The second kappa shape index (κ2) is 5.65. The van der Waals surface area contributed by atoms with Crippen LogP contribution in [0.2, 0.25) is 0 Å². The van der Waals surface area contributed by atoms with Gasteiger partial charge in [-0.05, 0) is 39.7 Å². The van der Waals surface area contributed by atoms with Crippen LogP contribution in [0.3, 0.4) is 0 Å². The number of nitrogens with two attached hydrogens (primary N) is 1. The second-order valence-corrected chi connectivity index (χ2v) is 7.08. The van der Waals surface area contributed by atoms with Gasteiger partial charge in [0.05, 0.1) is 6.21 Å². The van der Waals surface area contributed by atoms with Gasteiger partial charge in [-0.15, -0.1) is 0 Å². The van der Waals surface area contributed by atoms with Crippen LogP contribution in [0.4, 0.5) is 4.79 Å². The summed E-state index contributed by atoms with van der Waals surface area (Å²) in [6.45, 7) is 13.1. The lowest BCUT2D eigenvalue weighted by Gasteiger charge is -2.25. The Morgan fingerprint density at radius 2 is 1.50 bits per heavy atom. The minimum atomic E-state index is -0.663. The standard InChI is InChI=1S/C16H25N3O/c1-15(2,3)12-7-11(10-18-19-14(17)20)8-13(9-12)16(4,5)6/h7-10H,1-6H3,(H3,17,19,20)/b18-10-. The summed E-state index contributed by atoms with van der Waals surface area (Å²) in [5.41, 5.74) is 10.8. The summed E-state index contributed by atoms with van der Waals surface area (Å²) in [7, 11) is 0. The van der Waals surface area contributed by atoms with Gasteiger partial charge in [-0.2, -0.15) is 5.10 Å². The maximum absolute atomic E-state index is 10.6. The van der Waals surface area contributed by atoms with Crippen molar-refractivity contribution < 1.29 is 4.79 Å². The molecule has 0 unspecified atom stereocenters. The van der Waals surface area contributed by atoms with E-state index in [1.54, 1.807) is 6.21 Å². The summed E-state index contributed by atoms with van der Waals surface area (Å²) < 4.78 is 0. The van der Waals surface area contributed by atoms with Gasteiger partial charge in [-0.1, -0.05) is 47.6 Å². The molecule has 1 rings (SSSR count). The maximum atomic E-state index is 10.6. The summed E-state index contributed by atoms with van der Waals surface area (Å²) in [5.74, 6) is 0. The van der Waals surface area contributed by atoms with Crippen molar-refractivity contribution in [3.63, 3.8) is 0 Å². The topological polar surface area (TPSA) is 67.5 Å². The van der Waals surface area contributed by atoms with Crippen LogP contribution >= 0.6 is 0 Å². The molecule has 1 aromatic carbocycles. The zero-order valence-corrected chi connectivity index (χ0v) is 13.2. The average molecular weight is 275 g/mol. The number of urea groups is 1. The van der Waals surface area contributed by atoms with Crippen molar-refractivity contribution in [1.29, 1.82) is 0 Å². The monoisotopic (exact) mass is 275 g/mol.